The van der Waals surface area contributed by atoms with Crippen LogP contribution in [0.4, 0.5) is 5.69 Å². The van der Waals surface area contributed by atoms with Crippen molar-refractivity contribution in [1.82, 2.24) is 4.98 Å². The summed E-state index contributed by atoms with van der Waals surface area (Å²) >= 11 is 7.74. The van der Waals surface area contributed by atoms with Gasteiger partial charge in [-0.05, 0) is 23.6 Å². The highest BCUT2D eigenvalue weighted by molar-refractivity contribution is 8.00. The summed E-state index contributed by atoms with van der Waals surface area (Å²) < 4.78 is 0. The molecule has 0 spiro atoms. The van der Waals surface area contributed by atoms with Crippen LogP contribution in [-0.4, -0.2) is 16.6 Å². The van der Waals surface area contributed by atoms with E-state index in [0.29, 0.717) is 26.9 Å². The molecule has 4 nitrogen and oxygen atoms in total. The number of carbonyl (C=O) groups excluding carboxylic acids is 1. The van der Waals surface area contributed by atoms with Crippen LogP contribution in [0.1, 0.15) is 5.56 Å². The average molecular weight is 506 g/mol. The molecule has 0 aliphatic carbocycles. The van der Waals surface area contributed by atoms with Gasteiger partial charge >= 0.3 is 0 Å². The first kappa shape index (κ1) is 23.6. The largest absolute Gasteiger partial charge is 0.325 e. The number of halogens is 1. The Kier molecular flexibility index (Phi) is 6.99. The maximum absolute atomic E-state index is 12.9. The van der Waals surface area contributed by atoms with Gasteiger partial charge < -0.3 is 5.32 Å². The number of nitrogens with one attached hydrogen (secondary N) is 1. The molecule has 4 aromatic carbocycles. The van der Waals surface area contributed by atoms with Crippen LogP contribution in [0.3, 0.4) is 0 Å². The predicted molar refractivity (Wildman–Crippen MR) is 148 cm³/mol. The molecule has 5 rings (SSSR count). The quantitative estimate of drug-likeness (QED) is 0.239. The fourth-order valence-electron chi connectivity index (χ4n) is 4.04. The average Bonchev–Trinajstić information content (AvgIpc) is 2.92. The fourth-order valence-corrected chi connectivity index (χ4v) is 5.08. The van der Waals surface area contributed by atoms with Gasteiger partial charge in [0.15, 0.2) is 0 Å². The van der Waals surface area contributed by atoms with Gasteiger partial charge in [0.2, 0.25) is 5.91 Å². The van der Waals surface area contributed by atoms with Crippen molar-refractivity contribution < 1.29 is 4.79 Å². The van der Waals surface area contributed by atoms with Crippen LogP contribution in [0.25, 0.3) is 33.2 Å². The summed E-state index contributed by atoms with van der Waals surface area (Å²) in [4.78, 5) is 17.7. The maximum atomic E-state index is 12.9. The van der Waals surface area contributed by atoms with Crippen LogP contribution >= 0.6 is 23.4 Å². The van der Waals surface area contributed by atoms with Crippen molar-refractivity contribution >= 4 is 45.7 Å². The smallest absolute Gasteiger partial charge is 0.234 e. The number of benzene rings is 4. The molecular formula is C30H20ClN3OS. The SMILES string of the molecule is N#Cc1c(-c2ccccc2Cl)cc(-c2ccccc2)nc1SCC(=O)Nc1cccc2ccccc12. The van der Waals surface area contributed by atoms with E-state index in [2.05, 4.69) is 11.4 Å². The van der Waals surface area contributed by atoms with E-state index in [9.17, 15) is 10.1 Å². The Morgan fingerprint density at radius 1 is 0.889 bits per heavy atom. The minimum atomic E-state index is -0.175. The second kappa shape index (κ2) is 10.7. The Bertz CT molecular complexity index is 1610. The van der Waals surface area contributed by atoms with Gasteiger partial charge in [-0.15, -0.1) is 0 Å². The van der Waals surface area contributed by atoms with E-state index in [0.717, 1.165) is 27.6 Å². The number of thioether (sulfide) groups is 1. The lowest BCUT2D eigenvalue weighted by Gasteiger charge is -2.14. The molecular weight excluding hydrogens is 486 g/mol. The molecule has 0 aliphatic rings. The number of carbonyl (C=O) groups is 1. The summed E-state index contributed by atoms with van der Waals surface area (Å²) in [6, 6.07) is 35.1. The highest BCUT2D eigenvalue weighted by Gasteiger charge is 2.18. The van der Waals surface area contributed by atoms with Gasteiger partial charge in [-0.25, -0.2) is 4.98 Å². The zero-order valence-corrected chi connectivity index (χ0v) is 20.7. The lowest BCUT2D eigenvalue weighted by atomic mass is 9.99. The standard InChI is InChI=1S/C30H20ClN3OS/c31-26-15-7-6-14-23(26)24-17-28(21-10-2-1-3-11-21)34-30(25(24)18-32)36-19-29(35)33-27-16-8-12-20-9-4-5-13-22(20)27/h1-17H,19H2,(H,33,35). The maximum Gasteiger partial charge on any atom is 0.234 e. The molecule has 1 amide bonds. The fraction of sp³-hybridized carbons (Fsp3) is 0.0333. The van der Waals surface area contributed by atoms with Gasteiger partial charge in [-0.2, -0.15) is 5.26 Å². The number of hydrogen-bond donors (Lipinski definition) is 1. The first-order chi connectivity index (χ1) is 17.6. The highest BCUT2D eigenvalue weighted by atomic mass is 35.5. The molecule has 0 saturated carbocycles. The Labute approximate surface area is 218 Å². The molecule has 1 N–H and O–H groups in total. The monoisotopic (exact) mass is 505 g/mol. The minimum Gasteiger partial charge on any atom is -0.325 e. The number of pyridine rings is 1. The second-order valence-electron chi connectivity index (χ2n) is 8.06. The summed E-state index contributed by atoms with van der Waals surface area (Å²) in [6.07, 6.45) is 0. The molecule has 0 unspecified atom stereocenters. The first-order valence-corrected chi connectivity index (χ1v) is 12.7. The Morgan fingerprint density at radius 3 is 2.42 bits per heavy atom. The van der Waals surface area contributed by atoms with Gasteiger partial charge in [0.25, 0.3) is 0 Å². The van der Waals surface area contributed by atoms with Crippen molar-refractivity contribution in [2.45, 2.75) is 5.03 Å². The zero-order chi connectivity index (χ0) is 24.9. The van der Waals surface area contributed by atoms with Crippen molar-refractivity contribution in [1.29, 1.82) is 5.26 Å². The number of aromatic nitrogens is 1. The number of fused-ring (bicyclic) bond motifs is 1. The van der Waals surface area contributed by atoms with Crippen LogP contribution in [0.5, 0.6) is 0 Å². The second-order valence-corrected chi connectivity index (χ2v) is 9.43. The van der Waals surface area contributed by atoms with Crippen molar-refractivity contribution in [3.63, 3.8) is 0 Å². The Balaban J connectivity index is 1.49. The van der Waals surface area contributed by atoms with Crippen LogP contribution in [0.2, 0.25) is 5.02 Å². The van der Waals surface area contributed by atoms with Crippen LogP contribution < -0.4 is 5.32 Å². The zero-order valence-electron chi connectivity index (χ0n) is 19.1. The molecule has 0 saturated heterocycles. The molecule has 0 fully saturated rings. The third-order valence-corrected chi connectivity index (χ3v) is 7.04. The summed E-state index contributed by atoms with van der Waals surface area (Å²) in [6.45, 7) is 0. The highest BCUT2D eigenvalue weighted by Crippen LogP contribution is 2.37. The van der Waals surface area contributed by atoms with Gasteiger partial charge in [-0.1, -0.05) is 108 Å². The summed E-state index contributed by atoms with van der Waals surface area (Å²) in [5, 5.41) is 16.1. The van der Waals surface area contributed by atoms with Crippen molar-refractivity contribution in [2.75, 3.05) is 11.1 Å². The molecule has 1 heterocycles. The molecule has 0 bridgehead atoms. The third-order valence-electron chi connectivity index (χ3n) is 5.74. The molecule has 36 heavy (non-hydrogen) atoms. The van der Waals surface area contributed by atoms with Crippen molar-refractivity contribution in [2.24, 2.45) is 0 Å². The molecule has 0 atom stereocenters. The number of rotatable bonds is 6. The molecule has 0 radical (unpaired) electrons. The molecule has 1 aromatic heterocycles. The summed E-state index contributed by atoms with van der Waals surface area (Å²) in [5.41, 5.74) is 4.21. The third kappa shape index (κ3) is 4.96. The lowest BCUT2D eigenvalue weighted by Crippen LogP contribution is -2.14. The van der Waals surface area contributed by atoms with Crippen LogP contribution in [0.15, 0.2) is 108 Å². The predicted octanol–water partition coefficient (Wildman–Crippen LogP) is 7.82. The number of amides is 1. The number of hydrogen-bond acceptors (Lipinski definition) is 4. The van der Waals surface area contributed by atoms with E-state index in [1.807, 2.05) is 97.1 Å². The number of anilines is 1. The molecule has 6 heteroatoms. The van der Waals surface area contributed by atoms with Gasteiger partial charge in [0.1, 0.15) is 11.1 Å². The number of nitriles is 1. The van der Waals surface area contributed by atoms with E-state index in [1.165, 1.54) is 11.8 Å². The first-order valence-electron chi connectivity index (χ1n) is 11.3. The minimum absolute atomic E-state index is 0.102. The van der Waals surface area contributed by atoms with E-state index in [1.54, 1.807) is 6.07 Å². The Morgan fingerprint density at radius 2 is 1.61 bits per heavy atom. The van der Waals surface area contributed by atoms with Gasteiger partial charge in [0.05, 0.1) is 17.0 Å². The summed E-state index contributed by atoms with van der Waals surface area (Å²) in [7, 11) is 0. The number of nitrogens with zero attached hydrogens (tertiary/aromatic N) is 2. The molecule has 174 valence electrons. The molecule has 0 aliphatic heterocycles. The topological polar surface area (TPSA) is 65.8 Å². The normalized spacial score (nSPS) is 10.7. The van der Waals surface area contributed by atoms with E-state index in [4.69, 9.17) is 16.6 Å². The van der Waals surface area contributed by atoms with Crippen LogP contribution in [-0.2, 0) is 4.79 Å². The van der Waals surface area contributed by atoms with E-state index < -0.39 is 0 Å². The van der Waals surface area contributed by atoms with Crippen molar-refractivity contribution in [3.8, 4) is 28.5 Å². The molecule has 5 aromatic rings. The van der Waals surface area contributed by atoms with E-state index in [-0.39, 0.29) is 11.7 Å². The van der Waals surface area contributed by atoms with Crippen molar-refractivity contribution in [3.05, 3.63) is 114 Å². The van der Waals surface area contributed by atoms with Crippen LogP contribution in [0, 0.1) is 11.3 Å². The lowest BCUT2D eigenvalue weighted by molar-refractivity contribution is -0.113. The van der Waals surface area contributed by atoms with Gasteiger partial charge in [-0.3, -0.25) is 4.79 Å². The summed E-state index contributed by atoms with van der Waals surface area (Å²) in [5.74, 6) is -0.0723. The van der Waals surface area contributed by atoms with Gasteiger partial charge in [0, 0.05) is 32.8 Å². The van der Waals surface area contributed by atoms with E-state index >= 15 is 0 Å². The Hall–Kier alpha value is -4.11.